The molecule has 1 saturated carbocycles. The minimum absolute atomic E-state index is 0.255. The molecule has 0 heterocycles. The van der Waals surface area contributed by atoms with Gasteiger partial charge < -0.3 is 5.73 Å². The zero-order valence-electron chi connectivity index (χ0n) is 11.6. The summed E-state index contributed by atoms with van der Waals surface area (Å²) < 4.78 is 0. The van der Waals surface area contributed by atoms with Crippen molar-refractivity contribution in [3.8, 4) is 0 Å². The van der Waals surface area contributed by atoms with Gasteiger partial charge in [-0.2, -0.15) is 0 Å². The van der Waals surface area contributed by atoms with E-state index in [1.807, 2.05) is 18.2 Å². The second-order valence-electron chi connectivity index (χ2n) is 5.91. The first-order valence-electron chi connectivity index (χ1n) is 7.20. The fourth-order valence-electron chi connectivity index (χ4n) is 3.22. The van der Waals surface area contributed by atoms with Crippen LogP contribution >= 0.6 is 11.6 Å². The lowest BCUT2D eigenvalue weighted by Crippen LogP contribution is -2.21. The van der Waals surface area contributed by atoms with Gasteiger partial charge in [0, 0.05) is 16.5 Å². The van der Waals surface area contributed by atoms with Crippen LogP contribution in [0.5, 0.6) is 0 Å². The summed E-state index contributed by atoms with van der Waals surface area (Å²) >= 11 is 6.09. The first-order chi connectivity index (χ1) is 10.2. The van der Waals surface area contributed by atoms with Gasteiger partial charge in [-0.3, -0.25) is 0 Å². The Morgan fingerprint density at radius 2 is 1.71 bits per heavy atom. The molecule has 0 bridgehead atoms. The summed E-state index contributed by atoms with van der Waals surface area (Å²) in [6, 6.07) is 23.0. The quantitative estimate of drug-likeness (QED) is 0.719. The van der Waals surface area contributed by atoms with Gasteiger partial charge in [0.1, 0.15) is 0 Å². The van der Waals surface area contributed by atoms with Crippen LogP contribution in [0.15, 0.2) is 66.7 Å². The highest BCUT2D eigenvalue weighted by atomic mass is 35.5. The van der Waals surface area contributed by atoms with Crippen molar-refractivity contribution in [1.82, 2.24) is 0 Å². The Bertz CT molecular complexity index is 826. The van der Waals surface area contributed by atoms with Crippen molar-refractivity contribution in [3.63, 3.8) is 0 Å². The minimum atomic E-state index is -0.255. The first kappa shape index (κ1) is 12.9. The Labute approximate surface area is 129 Å². The number of benzene rings is 3. The maximum atomic E-state index is 6.64. The topological polar surface area (TPSA) is 26.0 Å². The summed E-state index contributed by atoms with van der Waals surface area (Å²) in [5, 5.41) is 3.28. The standard InChI is InChI=1S/C19H16ClN/c20-17-7-3-6-15(11-17)18-12-19(18,21)16-9-8-13-4-1-2-5-14(13)10-16/h1-11,18H,12,21H2. The normalized spacial score (nSPS) is 24.2. The molecule has 0 aliphatic heterocycles. The van der Waals surface area contributed by atoms with Crippen LogP contribution in [0.25, 0.3) is 10.8 Å². The van der Waals surface area contributed by atoms with E-state index in [1.54, 1.807) is 0 Å². The first-order valence-corrected chi connectivity index (χ1v) is 7.58. The molecule has 3 aromatic rings. The second-order valence-corrected chi connectivity index (χ2v) is 6.35. The third-order valence-corrected chi connectivity index (χ3v) is 4.78. The van der Waals surface area contributed by atoms with Crippen molar-refractivity contribution in [3.05, 3.63) is 82.9 Å². The van der Waals surface area contributed by atoms with E-state index in [9.17, 15) is 0 Å². The van der Waals surface area contributed by atoms with Crippen LogP contribution in [0.4, 0.5) is 0 Å². The van der Waals surface area contributed by atoms with E-state index in [0.29, 0.717) is 5.92 Å². The fourth-order valence-corrected chi connectivity index (χ4v) is 3.41. The molecular formula is C19H16ClN. The molecule has 0 aromatic heterocycles. The molecule has 0 radical (unpaired) electrons. The summed E-state index contributed by atoms with van der Waals surface area (Å²) in [5.74, 6) is 0.359. The molecule has 2 N–H and O–H groups in total. The van der Waals surface area contributed by atoms with Crippen LogP contribution in [0.2, 0.25) is 5.02 Å². The van der Waals surface area contributed by atoms with Crippen molar-refractivity contribution in [2.75, 3.05) is 0 Å². The lowest BCUT2D eigenvalue weighted by atomic mass is 9.97. The Morgan fingerprint density at radius 1 is 0.905 bits per heavy atom. The van der Waals surface area contributed by atoms with Gasteiger partial charge in [0.2, 0.25) is 0 Å². The van der Waals surface area contributed by atoms with Gasteiger partial charge >= 0.3 is 0 Å². The molecule has 0 amide bonds. The number of halogens is 1. The van der Waals surface area contributed by atoms with E-state index in [4.69, 9.17) is 17.3 Å². The van der Waals surface area contributed by atoms with E-state index >= 15 is 0 Å². The number of fused-ring (bicyclic) bond motifs is 1. The number of hydrogen-bond donors (Lipinski definition) is 1. The van der Waals surface area contributed by atoms with Crippen molar-refractivity contribution < 1.29 is 0 Å². The van der Waals surface area contributed by atoms with E-state index < -0.39 is 0 Å². The summed E-state index contributed by atoms with van der Waals surface area (Å²) in [7, 11) is 0. The molecule has 1 nitrogen and oxygen atoms in total. The maximum absolute atomic E-state index is 6.64. The molecular weight excluding hydrogens is 278 g/mol. The number of hydrogen-bond acceptors (Lipinski definition) is 1. The van der Waals surface area contributed by atoms with Gasteiger partial charge in [-0.05, 0) is 46.5 Å². The van der Waals surface area contributed by atoms with Crippen LogP contribution < -0.4 is 5.73 Å². The molecule has 0 saturated heterocycles. The maximum Gasteiger partial charge on any atom is 0.0486 e. The van der Waals surface area contributed by atoms with Gasteiger partial charge in [-0.1, -0.05) is 60.1 Å². The van der Waals surface area contributed by atoms with Crippen molar-refractivity contribution in [2.45, 2.75) is 17.9 Å². The molecule has 2 atom stereocenters. The summed E-state index contributed by atoms with van der Waals surface area (Å²) in [6.07, 6.45) is 0.978. The molecule has 21 heavy (non-hydrogen) atoms. The molecule has 104 valence electrons. The van der Waals surface area contributed by atoms with Gasteiger partial charge in [-0.15, -0.1) is 0 Å². The van der Waals surface area contributed by atoms with E-state index in [0.717, 1.165) is 11.4 Å². The van der Waals surface area contributed by atoms with Gasteiger partial charge in [0.15, 0.2) is 0 Å². The Kier molecular flexibility index (Phi) is 2.81. The van der Waals surface area contributed by atoms with E-state index in [2.05, 4.69) is 48.5 Å². The number of rotatable bonds is 2. The summed E-state index contributed by atoms with van der Waals surface area (Å²) in [5.41, 5.74) is 8.84. The van der Waals surface area contributed by atoms with Crippen LogP contribution in [0.1, 0.15) is 23.5 Å². The van der Waals surface area contributed by atoms with Crippen molar-refractivity contribution in [2.24, 2.45) is 5.73 Å². The Hall–Kier alpha value is -1.83. The van der Waals surface area contributed by atoms with Crippen molar-refractivity contribution >= 4 is 22.4 Å². The molecule has 1 aliphatic carbocycles. The molecule has 2 unspecified atom stereocenters. The Balaban J connectivity index is 1.72. The lowest BCUT2D eigenvalue weighted by molar-refractivity contribution is 0.707. The summed E-state index contributed by atoms with van der Waals surface area (Å²) in [4.78, 5) is 0. The predicted octanol–water partition coefficient (Wildman–Crippen LogP) is 4.83. The Morgan fingerprint density at radius 3 is 2.52 bits per heavy atom. The average molecular weight is 294 g/mol. The van der Waals surface area contributed by atoms with Gasteiger partial charge in [0.25, 0.3) is 0 Å². The van der Waals surface area contributed by atoms with Crippen molar-refractivity contribution in [1.29, 1.82) is 0 Å². The predicted molar refractivity (Wildman–Crippen MR) is 88.6 cm³/mol. The third-order valence-electron chi connectivity index (χ3n) is 4.54. The monoisotopic (exact) mass is 293 g/mol. The van der Waals surface area contributed by atoms with Crippen LogP contribution in [-0.2, 0) is 5.54 Å². The smallest absolute Gasteiger partial charge is 0.0486 e. The number of nitrogens with two attached hydrogens (primary N) is 1. The average Bonchev–Trinajstić information content (AvgIpc) is 3.20. The minimum Gasteiger partial charge on any atom is -0.321 e. The fraction of sp³-hybridized carbons (Fsp3) is 0.158. The SMILES string of the molecule is NC1(c2ccc3ccccc3c2)CC1c1cccc(Cl)c1. The van der Waals surface area contributed by atoms with Crippen LogP contribution in [-0.4, -0.2) is 0 Å². The zero-order valence-corrected chi connectivity index (χ0v) is 12.3. The van der Waals surface area contributed by atoms with Gasteiger partial charge in [-0.25, -0.2) is 0 Å². The highest BCUT2D eigenvalue weighted by Crippen LogP contribution is 2.56. The lowest BCUT2D eigenvalue weighted by Gasteiger charge is -2.13. The van der Waals surface area contributed by atoms with Crippen LogP contribution in [0.3, 0.4) is 0 Å². The zero-order chi connectivity index (χ0) is 14.4. The summed E-state index contributed by atoms with van der Waals surface area (Å²) in [6.45, 7) is 0. The largest absolute Gasteiger partial charge is 0.321 e. The van der Waals surface area contributed by atoms with E-state index in [-0.39, 0.29) is 5.54 Å². The molecule has 2 heteroatoms. The molecule has 3 aromatic carbocycles. The highest BCUT2D eigenvalue weighted by molar-refractivity contribution is 6.30. The second kappa shape index (κ2) is 4.59. The molecule has 0 spiro atoms. The van der Waals surface area contributed by atoms with Crippen LogP contribution in [0, 0.1) is 0 Å². The molecule has 1 aliphatic rings. The molecule has 1 fully saturated rings. The van der Waals surface area contributed by atoms with E-state index in [1.165, 1.54) is 21.9 Å². The molecule has 4 rings (SSSR count). The van der Waals surface area contributed by atoms with Gasteiger partial charge in [0.05, 0.1) is 0 Å². The highest BCUT2D eigenvalue weighted by Gasteiger charge is 2.52. The third kappa shape index (κ3) is 2.14.